The number of ether oxygens (including phenoxy) is 1. The molecule has 1 heterocycles. The third-order valence-corrected chi connectivity index (χ3v) is 3.13. The molecule has 0 radical (unpaired) electrons. The van der Waals surface area contributed by atoms with E-state index < -0.39 is 0 Å². The van der Waals surface area contributed by atoms with Crippen LogP contribution in [-0.4, -0.2) is 24.7 Å². The van der Waals surface area contributed by atoms with E-state index in [1.165, 1.54) is 0 Å². The summed E-state index contributed by atoms with van der Waals surface area (Å²) in [7, 11) is 0. The number of hydrogen-bond acceptors (Lipinski definition) is 3. The first-order chi connectivity index (χ1) is 8.11. The van der Waals surface area contributed by atoms with E-state index in [9.17, 15) is 0 Å². The van der Waals surface area contributed by atoms with Gasteiger partial charge in [0.1, 0.15) is 5.75 Å². The summed E-state index contributed by atoms with van der Waals surface area (Å²) >= 11 is 0. The van der Waals surface area contributed by atoms with E-state index in [0.717, 1.165) is 24.4 Å². The second kappa shape index (κ2) is 4.96. The molecule has 1 aliphatic heterocycles. The van der Waals surface area contributed by atoms with E-state index in [0.29, 0.717) is 12.6 Å². The van der Waals surface area contributed by atoms with Crippen LogP contribution in [0.25, 0.3) is 0 Å². The fraction of sp³-hybridized carbons (Fsp3) is 0.571. The van der Waals surface area contributed by atoms with Gasteiger partial charge in [-0.25, -0.2) is 0 Å². The van der Waals surface area contributed by atoms with E-state index >= 15 is 0 Å². The minimum atomic E-state index is 0.234. The van der Waals surface area contributed by atoms with Crippen LogP contribution in [0.2, 0.25) is 0 Å². The zero-order valence-corrected chi connectivity index (χ0v) is 10.9. The van der Waals surface area contributed by atoms with Crippen molar-refractivity contribution in [1.29, 1.82) is 0 Å². The Morgan fingerprint density at radius 1 is 1.41 bits per heavy atom. The van der Waals surface area contributed by atoms with Gasteiger partial charge in [0.05, 0.1) is 12.3 Å². The zero-order valence-electron chi connectivity index (χ0n) is 10.9. The lowest BCUT2D eigenvalue weighted by molar-refractivity contribution is 0.341. The van der Waals surface area contributed by atoms with Gasteiger partial charge in [0, 0.05) is 18.1 Å². The number of benzene rings is 1. The lowest BCUT2D eigenvalue weighted by Crippen LogP contribution is -2.31. The van der Waals surface area contributed by atoms with Gasteiger partial charge >= 0.3 is 0 Å². The summed E-state index contributed by atoms with van der Waals surface area (Å²) in [4.78, 5) is 0. The molecule has 1 unspecified atom stereocenters. The standard InChI is InChI=1S/C14H22N2O/c1-4-17-13-8-6-5-7-12(13)16-11-9-14(2,3)15-10-11/h5-8,11,15-16H,4,9-10H2,1-3H3. The molecule has 1 aliphatic rings. The van der Waals surface area contributed by atoms with Gasteiger partial charge in [-0.1, -0.05) is 12.1 Å². The number of anilines is 1. The molecule has 1 aromatic rings. The van der Waals surface area contributed by atoms with Crippen molar-refractivity contribution in [2.24, 2.45) is 0 Å². The Morgan fingerprint density at radius 3 is 2.82 bits per heavy atom. The van der Waals surface area contributed by atoms with Crippen LogP contribution in [0.5, 0.6) is 5.75 Å². The van der Waals surface area contributed by atoms with Crippen molar-refractivity contribution in [3.63, 3.8) is 0 Å². The predicted octanol–water partition coefficient (Wildman–Crippen LogP) is 2.64. The molecule has 1 fully saturated rings. The highest BCUT2D eigenvalue weighted by Gasteiger charge is 2.30. The largest absolute Gasteiger partial charge is 0.492 e. The molecule has 0 spiro atoms. The molecular formula is C14H22N2O. The van der Waals surface area contributed by atoms with Crippen LogP contribution in [0.3, 0.4) is 0 Å². The third-order valence-electron chi connectivity index (χ3n) is 3.13. The molecule has 0 aliphatic carbocycles. The average Bonchev–Trinajstić information content (AvgIpc) is 2.61. The highest BCUT2D eigenvalue weighted by Crippen LogP contribution is 2.27. The normalized spacial score (nSPS) is 22.4. The van der Waals surface area contributed by atoms with Gasteiger partial charge in [-0.2, -0.15) is 0 Å². The summed E-state index contributed by atoms with van der Waals surface area (Å²) in [5, 5.41) is 7.08. The first-order valence-corrected chi connectivity index (χ1v) is 6.34. The summed E-state index contributed by atoms with van der Waals surface area (Å²) < 4.78 is 5.62. The molecule has 0 bridgehead atoms. The number of rotatable bonds is 4. The van der Waals surface area contributed by atoms with E-state index in [1.807, 2.05) is 25.1 Å². The maximum absolute atomic E-state index is 5.62. The van der Waals surface area contributed by atoms with Crippen molar-refractivity contribution < 1.29 is 4.74 Å². The molecule has 0 amide bonds. The van der Waals surface area contributed by atoms with Crippen molar-refractivity contribution in [2.75, 3.05) is 18.5 Å². The van der Waals surface area contributed by atoms with Gasteiger partial charge in [-0.05, 0) is 39.3 Å². The number of para-hydroxylation sites is 2. The van der Waals surface area contributed by atoms with E-state index in [1.54, 1.807) is 0 Å². The van der Waals surface area contributed by atoms with Gasteiger partial charge in [0.25, 0.3) is 0 Å². The monoisotopic (exact) mass is 234 g/mol. The fourth-order valence-electron chi connectivity index (χ4n) is 2.35. The summed E-state index contributed by atoms with van der Waals surface area (Å²) in [5.74, 6) is 0.944. The van der Waals surface area contributed by atoms with E-state index in [2.05, 4.69) is 30.5 Å². The Bertz CT molecular complexity index is 376. The van der Waals surface area contributed by atoms with Crippen LogP contribution in [0.15, 0.2) is 24.3 Å². The van der Waals surface area contributed by atoms with E-state index in [-0.39, 0.29) is 5.54 Å². The van der Waals surface area contributed by atoms with Gasteiger partial charge in [-0.3, -0.25) is 0 Å². The fourth-order valence-corrected chi connectivity index (χ4v) is 2.35. The van der Waals surface area contributed by atoms with Crippen LogP contribution in [0.4, 0.5) is 5.69 Å². The molecule has 2 rings (SSSR count). The summed E-state index contributed by atoms with van der Waals surface area (Å²) in [6.07, 6.45) is 1.13. The van der Waals surface area contributed by atoms with Crippen LogP contribution >= 0.6 is 0 Å². The second-order valence-corrected chi connectivity index (χ2v) is 5.24. The zero-order chi connectivity index (χ0) is 12.3. The number of hydrogen-bond donors (Lipinski definition) is 2. The predicted molar refractivity (Wildman–Crippen MR) is 71.7 cm³/mol. The highest BCUT2D eigenvalue weighted by molar-refractivity contribution is 5.57. The molecule has 0 aromatic heterocycles. The van der Waals surface area contributed by atoms with Gasteiger partial charge < -0.3 is 15.4 Å². The molecule has 17 heavy (non-hydrogen) atoms. The van der Waals surface area contributed by atoms with Crippen LogP contribution in [0.1, 0.15) is 27.2 Å². The maximum atomic E-state index is 5.62. The Morgan fingerprint density at radius 2 is 2.18 bits per heavy atom. The molecule has 0 saturated carbocycles. The van der Waals surface area contributed by atoms with E-state index in [4.69, 9.17) is 4.74 Å². The van der Waals surface area contributed by atoms with Crippen molar-refractivity contribution >= 4 is 5.69 Å². The van der Waals surface area contributed by atoms with Gasteiger partial charge in [0.15, 0.2) is 0 Å². The summed E-state index contributed by atoms with van der Waals surface area (Å²) in [6.45, 7) is 8.20. The smallest absolute Gasteiger partial charge is 0.142 e. The minimum absolute atomic E-state index is 0.234. The van der Waals surface area contributed by atoms with Crippen molar-refractivity contribution in [3.8, 4) is 5.75 Å². The molecule has 94 valence electrons. The van der Waals surface area contributed by atoms with Crippen LogP contribution in [-0.2, 0) is 0 Å². The summed E-state index contributed by atoms with van der Waals surface area (Å²) in [5.41, 5.74) is 1.33. The van der Waals surface area contributed by atoms with Crippen LogP contribution in [0, 0.1) is 0 Å². The third kappa shape index (κ3) is 3.13. The molecule has 1 aromatic carbocycles. The Hall–Kier alpha value is -1.22. The molecule has 1 atom stereocenters. The van der Waals surface area contributed by atoms with Crippen molar-refractivity contribution in [2.45, 2.75) is 38.8 Å². The topological polar surface area (TPSA) is 33.3 Å². The maximum Gasteiger partial charge on any atom is 0.142 e. The van der Waals surface area contributed by atoms with Crippen molar-refractivity contribution in [1.82, 2.24) is 5.32 Å². The first-order valence-electron chi connectivity index (χ1n) is 6.34. The molecular weight excluding hydrogens is 212 g/mol. The van der Waals surface area contributed by atoms with Gasteiger partial charge in [0.2, 0.25) is 0 Å². The molecule has 2 N–H and O–H groups in total. The van der Waals surface area contributed by atoms with Crippen LogP contribution < -0.4 is 15.4 Å². The quantitative estimate of drug-likeness (QED) is 0.840. The lowest BCUT2D eigenvalue weighted by atomic mass is 10.0. The Balaban J connectivity index is 2.03. The molecule has 1 saturated heterocycles. The lowest BCUT2D eigenvalue weighted by Gasteiger charge is -2.19. The second-order valence-electron chi connectivity index (χ2n) is 5.24. The van der Waals surface area contributed by atoms with Gasteiger partial charge in [-0.15, -0.1) is 0 Å². The molecule has 3 heteroatoms. The molecule has 3 nitrogen and oxygen atoms in total. The SMILES string of the molecule is CCOc1ccccc1NC1CNC(C)(C)C1. The minimum Gasteiger partial charge on any atom is -0.492 e. The van der Waals surface area contributed by atoms with Crippen molar-refractivity contribution in [3.05, 3.63) is 24.3 Å². The first kappa shape index (κ1) is 12.2. The highest BCUT2D eigenvalue weighted by atomic mass is 16.5. The summed E-state index contributed by atoms with van der Waals surface area (Å²) in [6, 6.07) is 8.62. The Labute approximate surface area is 104 Å². The number of nitrogens with one attached hydrogen (secondary N) is 2. The average molecular weight is 234 g/mol. The Kier molecular flexibility index (Phi) is 3.57.